The number of nitriles is 1. The van der Waals surface area contributed by atoms with Crippen LogP contribution in [0.1, 0.15) is 47.2 Å². The summed E-state index contributed by atoms with van der Waals surface area (Å²) < 4.78 is 50.3. The predicted molar refractivity (Wildman–Crippen MR) is 122 cm³/mol. The Hall–Kier alpha value is -3.73. The third-order valence-electron chi connectivity index (χ3n) is 5.96. The van der Waals surface area contributed by atoms with E-state index in [-0.39, 0.29) is 12.4 Å². The highest BCUT2D eigenvalue weighted by atomic mass is 19.4. The third-order valence-corrected chi connectivity index (χ3v) is 5.96. The summed E-state index contributed by atoms with van der Waals surface area (Å²) in [6.45, 7) is -0.0549. The summed E-state index contributed by atoms with van der Waals surface area (Å²) in [6, 6.07) is 12.5. The van der Waals surface area contributed by atoms with Crippen molar-refractivity contribution < 1.29 is 22.6 Å². The van der Waals surface area contributed by atoms with Gasteiger partial charge < -0.3 is 15.2 Å². The average Bonchev–Trinajstić information content (AvgIpc) is 3.06. The van der Waals surface area contributed by atoms with Crippen LogP contribution < -0.4 is 15.2 Å². The topological polar surface area (TPSA) is 81.2 Å². The first-order valence-corrected chi connectivity index (χ1v) is 11.0. The first-order chi connectivity index (χ1) is 16.3. The molecule has 2 aromatic carbocycles. The lowest BCUT2D eigenvalue weighted by Crippen LogP contribution is -2.07. The van der Waals surface area contributed by atoms with Gasteiger partial charge in [-0.3, -0.25) is 0 Å². The maximum absolute atomic E-state index is 13.0. The Kier molecular flexibility index (Phi) is 6.64. The Bertz CT molecular complexity index is 1250. The number of hydrogen-bond acceptors (Lipinski definition) is 5. The number of alkyl halides is 3. The van der Waals surface area contributed by atoms with Crippen molar-refractivity contribution in [2.45, 2.75) is 44.9 Å². The largest absolute Gasteiger partial charge is 0.493 e. The highest BCUT2D eigenvalue weighted by Crippen LogP contribution is 2.39. The number of ether oxygens (including phenoxy) is 2. The smallest absolute Gasteiger partial charge is 0.416 e. The lowest BCUT2D eigenvalue weighted by Gasteiger charge is -2.18. The lowest BCUT2D eigenvalue weighted by atomic mass is 9.91. The molecule has 0 aliphatic heterocycles. The van der Waals surface area contributed by atoms with E-state index in [2.05, 4.69) is 11.1 Å². The van der Waals surface area contributed by atoms with Crippen LogP contribution in [0.3, 0.4) is 0 Å². The van der Waals surface area contributed by atoms with E-state index in [1.165, 1.54) is 13.2 Å². The summed E-state index contributed by atoms with van der Waals surface area (Å²) in [6.07, 6.45) is 0.319. The van der Waals surface area contributed by atoms with Crippen LogP contribution in [0, 0.1) is 11.3 Å². The summed E-state index contributed by atoms with van der Waals surface area (Å²) >= 11 is 0. The molecule has 0 unspecified atom stereocenters. The second-order valence-corrected chi connectivity index (χ2v) is 8.20. The van der Waals surface area contributed by atoms with Gasteiger partial charge in [0.15, 0.2) is 11.5 Å². The molecule has 0 atom stereocenters. The van der Waals surface area contributed by atoms with Crippen LogP contribution in [0.4, 0.5) is 19.0 Å². The van der Waals surface area contributed by atoms with Crippen LogP contribution in [-0.2, 0) is 25.6 Å². The van der Waals surface area contributed by atoms with E-state index >= 15 is 0 Å². The maximum Gasteiger partial charge on any atom is 0.416 e. The molecule has 5 nitrogen and oxygen atoms in total. The van der Waals surface area contributed by atoms with E-state index in [1.54, 1.807) is 18.2 Å². The molecule has 2 N–H and O–H groups in total. The van der Waals surface area contributed by atoms with E-state index < -0.39 is 11.7 Å². The number of aromatic nitrogens is 1. The minimum Gasteiger partial charge on any atom is -0.493 e. The van der Waals surface area contributed by atoms with Crippen molar-refractivity contribution >= 4 is 5.82 Å². The molecule has 1 aromatic heterocycles. The van der Waals surface area contributed by atoms with Gasteiger partial charge in [0.05, 0.1) is 12.7 Å². The fourth-order valence-corrected chi connectivity index (χ4v) is 4.31. The molecule has 4 rings (SSSR count). The van der Waals surface area contributed by atoms with Gasteiger partial charge in [-0.05, 0) is 66.6 Å². The van der Waals surface area contributed by atoms with Crippen LogP contribution in [0.5, 0.6) is 11.5 Å². The first kappa shape index (κ1) is 23.4. The number of fused-ring (bicyclic) bond motifs is 1. The van der Waals surface area contributed by atoms with Gasteiger partial charge in [0.25, 0.3) is 0 Å². The summed E-state index contributed by atoms with van der Waals surface area (Å²) in [5.41, 5.74) is 9.60. The summed E-state index contributed by atoms with van der Waals surface area (Å²) in [7, 11) is 1.49. The lowest BCUT2D eigenvalue weighted by molar-refractivity contribution is -0.137. The van der Waals surface area contributed by atoms with E-state index in [0.29, 0.717) is 22.6 Å². The van der Waals surface area contributed by atoms with E-state index in [0.717, 1.165) is 66.6 Å². The number of methoxy groups -OCH3 is 1. The minimum absolute atomic E-state index is 0.0549. The maximum atomic E-state index is 13.0. The second kappa shape index (κ2) is 9.64. The van der Waals surface area contributed by atoms with Crippen molar-refractivity contribution in [3.8, 4) is 28.7 Å². The molecular formula is C26H24F3N3O2. The number of nitrogens with two attached hydrogens (primary N) is 1. The van der Waals surface area contributed by atoms with Gasteiger partial charge in [-0.15, -0.1) is 0 Å². The van der Waals surface area contributed by atoms with Crippen LogP contribution >= 0.6 is 0 Å². The van der Waals surface area contributed by atoms with Gasteiger partial charge in [0, 0.05) is 11.3 Å². The molecule has 0 spiro atoms. The fourth-order valence-electron chi connectivity index (χ4n) is 4.31. The van der Waals surface area contributed by atoms with Crippen LogP contribution in [-0.4, -0.2) is 12.1 Å². The Labute approximate surface area is 196 Å². The van der Waals surface area contributed by atoms with Crippen LogP contribution in [0.15, 0.2) is 42.5 Å². The number of nitrogen functional groups attached to an aromatic ring is 1. The monoisotopic (exact) mass is 467 g/mol. The molecule has 0 bridgehead atoms. The first-order valence-electron chi connectivity index (χ1n) is 11.0. The summed E-state index contributed by atoms with van der Waals surface area (Å²) in [4.78, 5) is 4.50. The molecule has 1 aliphatic carbocycles. The Balaban J connectivity index is 1.68. The van der Waals surface area contributed by atoms with E-state index in [1.807, 2.05) is 6.07 Å². The molecule has 8 heteroatoms. The van der Waals surface area contributed by atoms with Crippen molar-refractivity contribution in [3.63, 3.8) is 0 Å². The van der Waals surface area contributed by atoms with Crippen molar-refractivity contribution in [3.05, 3.63) is 70.4 Å². The average molecular weight is 467 g/mol. The SMILES string of the molecule is COc1cc(-c2c(C#N)c(N)nc3c2CCCCC3)ccc1OCc1cccc(C(F)(F)F)c1. The number of halogens is 3. The zero-order valence-electron chi connectivity index (χ0n) is 18.7. The Morgan fingerprint density at radius 2 is 1.85 bits per heavy atom. The van der Waals surface area contributed by atoms with Crippen molar-refractivity contribution in [1.82, 2.24) is 4.98 Å². The van der Waals surface area contributed by atoms with E-state index in [4.69, 9.17) is 15.2 Å². The van der Waals surface area contributed by atoms with Crippen LogP contribution in [0.25, 0.3) is 11.1 Å². The molecule has 0 saturated carbocycles. The number of nitrogens with zero attached hydrogens (tertiary/aromatic N) is 2. The van der Waals surface area contributed by atoms with Crippen molar-refractivity contribution in [1.29, 1.82) is 5.26 Å². The van der Waals surface area contributed by atoms with Gasteiger partial charge >= 0.3 is 6.18 Å². The number of benzene rings is 2. The molecule has 1 aliphatic rings. The van der Waals surface area contributed by atoms with Crippen molar-refractivity contribution in [2.24, 2.45) is 0 Å². The number of aryl methyl sites for hydroxylation is 1. The summed E-state index contributed by atoms with van der Waals surface area (Å²) in [5, 5.41) is 9.80. The van der Waals surface area contributed by atoms with Crippen LogP contribution in [0.2, 0.25) is 0 Å². The molecular weight excluding hydrogens is 443 g/mol. The predicted octanol–water partition coefficient (Wildman–Crippen LogP) is 6.08. The molecule has 0 amide bonds. The Morgan fingerprint density at radius 1 is 1.06 bits per heavy atom. The standard InChI is InChI=1S/C26H24F3N3O2/c1-33-23-13-17(24-19-8-3-2-4-9-21(19)32-25(31)20(24)14-30)10-11-22(23)34-15-16-6-5-7-18(12-16)26(27,28)29/h5-7,10-13H,2-4,8-9,15H2,1H3,(H2,31,32). The van der Waals surface area contributed by atoms with Gasteiger partial charge in [-0.25, -0.2) is 4.98 Å². The molecule has 1 heterocycles. The number of rotatable bonds is 5. The fraction of sp³-hybridized carbons (Fsp3) is 0.308. The minimum atomic E-state index is -4.42. The quantitative estimate of drug-likeness (QED) is 0.460. The normalized spacial score (nSPS) is 13.5. The highest BCUT2D eigenvalue weighted by Gasteiger charge is 2.30. The third kappa shape index (κ3) is 4.79. The zero-order chi connectivity index (χ0) is 24.3. The number of anilines is 1. The molecule has 3 aromatic rings. The molecule has 34 heavy (non-hydrogen) atoms. The number of hydrogen-bond donors (Lipinski definition) is 1. The van der Waals surface area contributed by atoms with Gasteiger partial charge in [-0.1, -0.05) is 24.6 Å². The van der Waals surface area contributed by atoms with Gasteiger partial charge in [0.2, 0.25) is 0 Å². The molecule has 0 radical (unpaired) electrons. The second-order valence-electron chi connectivity index (χ2n) is 8.20. The zero-order valence-corrected chi connectivity index (χ0v) is 18.7. The van der Waals surface area contributed by atoms with E-state index in [9.17, 15) is 18.4 Å². The van der Waals surface area contributed by atoms with Crippen molar-refractivity contribution in [2.75, 3.05) is 12.8 Å². The van der Waals surface area contributed by atoms with Gasteiger partial charge in [-0.2, -0.15) is 18.4 Å². The molecule has 0 fully saturated rings. The highest BCUT2D eigenvalue weighted by molar-refractivity contribution is 5.80. The molecule has 0 saturated heterocycles. The summed E-state index contributed by atoms with van der Waals surface area (Å²) in [5.74, 6) is 1.00. The van der Waals surface area contributed by atoms with Gasteiger partial charge in [0.1, 0.15) is 24.1 Å². The molecule has 176 valence electrons. The Morgan fingerprint density at radius 3 is 2.59 bits per heavy atom. The number of pyridine rings is 1.